The maximum atomic E-state index is 12.4. The number of sulfonamides is 1. The monoisotopic (exact) mass is 476 g/mol. The minimum absolute atomic E-state index is 0.210. The highest BCUT2D eigenvalue weighted by molar-refractivity contribution is 7.92. The molecule has 2 aromatic carbocycles. The first-order valence-electron chi connectivity index (χ1n) is 10.0. The average Bonchev–Trinajstić information content (AvgIpc) is 2.69. The van der Waals surface area contributed by atoms with Gasteiger partial charge in [0.15, 0.2) is 0 Å². The van der Waals surface area contributed by atoms with Crippen LogP contribution in [-0.4, -0.2) is 44.7 Å². The quantitative estimate of drug-likeness (QED) is 0.461. The van der Waals surface area contributed by atoms with Gasteiger partial charge in [-0.1, -0.05) is 12.1 Å². The van der Waals surface area contributed by atoms with Crippen LogP contribution in [0.5, 0.6) is 0 Å². The van der Waals surface area contributed by atoms with E-state index in [0.717, 1.165) is 11.8 Å². The normalized spacial score (nSPS) is 11.3. The van der Waals surface area contributed by atoms with Gasteiger partial charge in [-0.15, -0.1) is 0 Å². The van der Waals surface area contributed by atoms with Gasteiger partial charge in [0, 0.05) is 23.5 Å². The van der Waals surface area contributed by atoms with Crippen molar-refractivity contribution in [2.24, 2.45) is 0 Å². The zero-order valence-corrected chi connectivity index (χ0v) is 19.7. The molecule has 3 amide bonds. The van der Waals surface area contributed by atoms with E-state index in [1.165, 1.54) is 24.3 Å². The number of rotatable bonds is 8. The third-order valence-corrected chi connectivity index (χ3v) is 4.51. The highest BCUT2D eigenvalue weighted by atomic mass is 32.2. The molecular weight excluding hydrogens is 448 g/mol. The molecule has 2 rings (SSSR count). The second kappa shape index (κ2) is 10.8. The van der Waals surface area contributed by atoms with Crippen molar-refractivity contribution < 1.29 is 27.5 Å². The Kier molecular flexibility index (Phi) is 8.41. The van der Waals surface area contributed by atoms with Crippen LogP contribution in [0.3, 0.4) is 0 Å². The van der Waals surface area contributed by atoms with Gasteiger partial charge in [-0.3, -0.25) is 14.3 Å². The molecule has 178 valence electrons. The minimum Gasteiger partial charge on any atom is -0.444 e. The summed E-state index contributed by atoms with van der Waals surface area (Å²) in [6.45, 7) is 5.13. The van der Waals surface area contributed by atoms with Crippen molar-refractivity contribution in [3.63, 3.8) is 0 Å². The summed E-state index contributed by atoms with van der Waals surface area (Å²) in [5.74, 6) is -0.762. The Hall–Kier alpha value is -3.60. The molecule has 10 nitrogen and oxygen atoms in total. The molecule has 0 aliphatic rings. The molecule has 0 heterocycles. The number of ether oxygens (including phenoxy) is 1. The molecule has 0 saturated heterocycles. The van der Waals surface area contributed by atoms with Crippen molar-refractivity contribution in [3.8, 4) is 0 Å². The van der Waals surface area contributed by atoms with Crippen LogP contribution < -0.4 is 20.7 Å². The van der Waals surface area contributed by atoms with Crippen LogP contribution in [-0.2, 0) is 26.1 Å². The molecule has 0 aliphatic carbocycles. The predicted molar refractivity (Wildman–Crippen MR) is 125 cm³/mol. The third kappa shape index (κ3) is 10.0. The second-order valence-corrected chi connectivity index (χ2v) is 9.99. The molecule has 0 fully saturated rings. The van der Waals surface area contributed by atoms with Crippen LogP contribution in [0.4, 0.5) is 16.2 Å². The van der Waals surface area contributed by atoms with Gasteiger partial charge in [0.05, 0.1) is 6.26 Å². The Morgan fingerprint density at radius 1 is 0.939 bits per heavy atom. The maximum Gasteiger partial charge on any atom is 0.408 e. The molecule has 0 atom stereocenters. The average molecular weight is 477 g/mol. The summed E-state index contributed by atoms with van der Waals surface area (Å²) in [6.07, 6.45) is 0.357. The van der Waals surface area contributed by atoms with E-state index in [0.29, 0.717) is 16.9 Å². The molecule has 33 heavy (non-hydrogen) atoms. The van der Waals surface area contributed by atoms with E-state index in [2.05, 4.69) is 20.7 Å². The number of nitrogens with one attached hydrogen (secondary N) is 4. The predicted octanol–water partition coefficient (Wildman–Crippen LogP) is 2.45. The van der Waals surface area contributed by atoms with E-state index in [1.807, 2.05) is 0 Å². The van der Waals surface area contributed by atoms with Crippen LogP contribution in [0.25, 0.3) is 0 Å². The molecule has 0 bridgehead atoms. The Morgan fingerprint density at radius 2 is 1.61 bits per heavy atom. The van der Waals surface area contributed by atoms with Crippen LogP contribution in [0.2, 0.25) is 0 Å². The fourth-order valence-corrected chi connectivity index (χ4v) is 3.18. The zero-order chi connectivity index (χ0) is 24.6. The first-order valence-corrected chi connectivity index (χ1v) is 11.9. The smallest absolute Gasteiger partial charge is 0.408 e. The van der Waals surface area contributed by atoms with Gasteiger partial charge in [0.1, 0.15) is 12.1 Å². The summed E-state index contributed by atoms with van der Waals surface area (Å²) in [5.41, 5.74) is 1.32. The first kappa shape index (κ1) is 25.7. The summed E-state index contributed by atoms with van der Waals surface area (Å²) < 4.78 is 29.9. The van der Waals surface area contributed by atoms with Crippen LogP contribution in [0.15, 0.2) is 48.5 Å². The SMILES string of the molecule is CC(C)(C)OC(=O)NCC(=O)Nc1cccc(CNC(=O)c2ccc(NS(C)(=O)=O)cc2)c1. The number of hydrogen-bond donors (Lipinski definition) is 4. The fraction of sp³-hybridized carbons (Fsp3) is 0.318. The van der Waals surface area contributed by atoms with Gasteiger partial charge in [-0.25, -0.2) is 13.2 Å². The molecule has 0 radical (unpaired) electrons. The van der Waals surface area contributed by atoms with Crippen molar-refractivity contribution >= 4 is 39.3 Å². The van der Waals surface area contributed by atoms with E-state index >= 15 is 0 Å². The highest BCUT2D eigenvalue weighted by Crippen LogP contribution is 2.13. The number of amides is 3. The Labute approximate surface area is 193 Å². The van der Waals surface area contributed by atoms with E-state index in [1.54, 1.807) is 45.0 Å². The van der Waals surface area contributed by atoms with Crippen molar-refractivity contribution in [2.45, 2.75) is 32.9 Å². The second-order valence-electron chi connectivity index (χ2n) is 8.24. The van der Waals surface area contributed by atoms with E-state index in [9.17, 15) is 22.8 Å². The number of alkyl carbamates (subject to hydrolysis) is 1. The lowest BCUT2D eigenvalue weighted by molar-refractivity contribution is -0.115. The van der Waals surface area contributed by atoms with Gasteiger partial charge in [-0.2, -0.15) is 0 Å². The van der Waals surface area contributed by atoms with Crippen molar-refractivity contribution in [1.82, 2.24) is 10.6 Å². The van der Waals surface area contributed by atoms with Crippen molar-refractivity contribution in [2.75, 3.05) is 22.8 Å². The molecule has 4 N–H and O–H groups in total. The van der Waals surface area contributed by atoms with Gasteiger partial charge in [0.2, 0.25) is 15.9 Å². The Balaban J connectivity index is 1.86. The molecule has 11 heteroatoms. The van der Waals surface area contributed by atoms with Crippen molar-refractivity contribution in [3.05, 3.63) is 59.7 Å². The lowest BCUT2D eigenvalue weighted by atomic mass is 10.1. The minimum atomic E-state index is -3.39. The summed E-state index contributed by atoms with van der Waals surface area (Å²) in [7, 11) is -3.39. The van der Waals surface area contributed by atoms with Crippen LogP contribution in [0, 0.1) is 0 Å². The summed E-state index contributed by atoms with van der Waals surface area (Å²) in [6, 6.07) is 12.9. The topological polar surface area (TPSA) is 143 Å². The van der Waals surface area contributed by atoms with Crippen LogP contribution >= 0.6 is 0 Å². The molecule has 0 spiro atoms. The number of carbonyl (C=O) groups excluding carboxylic acids is 3. The van der Waals surface area contributed by atoms with E-state index in [-0.39, 0.29) is 19.0 Å². The van der Waals surface area contributed by atoms with Gasteiger partial charge in [0.25, 0.3) is 5.91 Å². The van der Waals surface area contributed by atoms with Gasteiger partial charge >= 0.3 is 6.09 Å². The number of benzene rings is 2. The third-order valence-electron chi connectivity index (χ3n) is 3.91. The molecule has 0 aliphatic heterocycles. The molecule has 2 aromatic rings. The number of carbonyl (C=O) groups is 3. The maximum absolute atomic E-state index is 12.4. The zero-order valence-electron chi connectivity index (χ0n) is 18.9. The lowest BCUT2D eigenvalue weighted by Gasteiger charge is -2.19. The van der Waals surface area contributed by atoms with E-state index < -0.39 is 27.6 Å². The molecule has 0 aromatic heterocycles. The molecule has 0 saturated carbocycles. The van der Waals surface area contributed by atoms with Gasteiger partial charge < -0.3 is 20.7 Å². The Bertz CT molecular complexity index is 1110. The van der Waals surface area contributed by atoms with Crippen LogP contribution in [0.1, 0.15) is 36.7 Å². The van der Waals surface area contributed by atoms with E-state index in [4.69, 9.17) is 4.74 Å². The highest BCUT2D eigenvalue weighted by Gasteiger charge is 2.16. The number of hydrogen-bond acceptors (Lipinski definition) is 6. The Morgan fingerprint density at radius 3 is 2.21 bits per heavy atom. The lowest BCUT2D eigenvalue weighted by Crippen LogP contribution is -2.37. The molecular formula is C22H28N4O6S. The summed E-state index contributed by atoms with van der Waals surface area (Å²) >= 11 is 0. The number of anilines is 2. The van der Waals surface area contributed by atoms with Crippen molar-refractivity contribution in [1.29, 1.82) is 0 Å². The summed E-state index contributed by atoms with van der Waals surface area (Å²) in [5, 5.41) is 7.81. The fourth-order valence-electron chi connectivity index (χ4n) is 2.62. The largest absolute Gasteiger partial charge is 0.444 e. The standard InChI is InChI=1S/C22H28N4O6S/c1-22(2,3)32-21(29)24-14-19(27)25-18-7-5-6-15(12-18)13-23-20(28)16-8-10-17(11-9-16)26-33(4,30)31/h5-12,26H,13-14H2,1-4H3,(H,23,28)(H,24,29)(H,25,27). The first-order chi connectivity index (χ1) is 15.3. The molecule has 0 unspecified atom stereocenters. The summed E-state index contributed by atoms with van der Waals surface area (Å²) in [4.78, 5) is 36.1. The van der Waals surface area contributed by atoms with Gasteiger partial charge in [-0.05, 0) is 62.7 Å².